The first kappa shape index (κ1) is 18.4. The number of hydrogen-bond acceptors (Lipinski definition) is 2. The first-order valence-corrected chi connectivity index (χ1v) is 9.58. The number of hydrogen-bond donors (Lipinski definition) is 2. The van der Waals surface area contributed by atoms with Gasteiger partial charge < -0.3 is 11.5 Å². The maximum Gasteiger partial charge on any atom is 0.0412 e. The molecular weight excluding hydrogens is 387 g/mol. The zero-order chi connectivity index (χ0) is 19.7. The molecule has 0 heterocycles. The van der Waals surface area contributed by atoms with Gasteiger partial charge in [-0.2, -0.15) is 0 Å². The van der Waals surface area contributed by atoms with Crippen molar-refractivity contribution in [2.24, 2.45) is 0 Å². The molecule has 2 nitrogen and oxygen atoms in total. The molecule has 0 atom stereocenters. The lowest BCUT2D eigenvalue weighted by atomic mass is 9.89. The second-order valence-electron chi connectivity index (χ2n) is 6.63. The van der Waals surface area contributed by atoms with Crippen LogP contribution in [0, 0.1) is 0 Å². The van der Waals surface area contributed by atoms with Crippen molar-refractivity contribution in [3.63, 3.8) is 0 Å². The largest absolute Gasteiger partial charge is 0.399 e. The molecule has 0 bridgehead atoms. The maximum atomic E-state index is 6.24. The van der Waals surface area contributed by atoms with E-state index in [0.717, 1.165) is 33.4 Å². The normalized spacial score (nSPS) is 10.8. The van der Waals surface area contributed by atoms with Crippen molar-refractivity contribution in [1.29, 1.82) is 0 Å². The van der Waals surface area contributed by atoms with Crippen molar-refractivity contribution in [1.82, 2.24) is 0 Å². The highest BCUT2D eigenvalue weighted by molar-refractivity contribution is 6.31. The molecule has 4 heteroatoms. The molecule has 0 spiro atoms. The lowest BCUT2D eigenvalue weighted by Crippen LogP contribution is -1.94. The molecule has 0 aliphatic carbocycles. The molecule has 0 aliphatic heterocycles. The van der Waals surface area contributed by atoms with E-state index in [4.69, 9.17) is 34.7 Å². The molecule has 138 valence electrons. The zero-order valence-corrected chi connectivity index (χ0v) is 16.5. The van der Waals surface area contributed by atoms with E-state index in [9.17, 15) is 0 Å². The predicted molar refractivity (Wildman–Crippen MR) is 122 cm³/mol. The lowest BCUT2D eigenvalue weighted by molar-refractivity contribution is 1.56. The van der Waals surface area contributed by atoms with Crippen molar-refractivity contribution < 1.29 is 0 Å². The van der Waals surface area contributed by atoms with E-state index >= 15 is 0 Å². The van der Waals surface area contributed by atoms with Gasteiger partial charge in [-0.25, -0.2) is 0 Å². The third kappa shape index (κ3) is 3.70. The van der Waals surface area contributed by atoms with Crippen molar-refractivity contribution in [2.45, 2.75) is 0 Å². The van der Waals surface area contributed by atoms with E-state index in [2.05, 4.69) is 0 Å². The van der Waals surface area contributed by atoms with E-state index in [-0.39, 0.29) is 0 Å². The molecule has 0 amide bonds. The van der Waals surface area contributed by atoms with Crippen LogP contribution in [0.25, 0.3) is 33.4 Å². The monoisotopic (exact) mass is 404 g/mol. The van der Waals surface area contributed by atoms with Crippen molar-refractivity contribution >= 4 is 34.6 Å². The molecule has 4 aromatic rings. The number of anilines is 2. The Bertz CT molecular complexity index is 1080. The van der Waals surface area contributed by atoms with Crippen LogP contribution in [0.5, 0.6) is 0 Å². The quantitative estimate of drug-likeness (QED) is 0.355. The first-order valence-electron chi connectivity index (χ1n) is 8.82. The number of nitrogen functional groups attached to an aromatic ring is 2. The Morgan fingerprint density at radius 1 is 0.464 bits per heavy atom. The Hall–Kier alpha value is -2.94. The summed E-state index contributed by atoms with van der Waals surface area (Å²) in [5, 5.41) is 1.36. The maximum absolute atomic E-state index is 6.24. The molecule has 4 aromatic carbocycles. The van der Waals surface area contributed by atoms with Crippen molar-refractivity contribution in [2.75, 3.05) is 11.5 Å². The van der Waals surface area contributed by atoms with Crippen molar-refractivity contribution in [3.05, 3.63) is 95.0 Å². The fourth-order valence-electron chi connectivity index (χ4n) is 3.38. The Kier molecular flexibility index (Phi) is 4.99. The van der Waals surface area contributed by atoms with Crippen LogP contribution < -0.4 is 11.5 Å². The Morgan fingerprint density at radius 2 is 0.893 bits per heavy atom. The Balaban J connectivity index is 1.98. The minimum Gasteiger partial charge on any atom is -0.399 e. The second-order valence-corrected chi connectivity index (χ2v) is 7.50. The number of nitrogens with two attached hydrogens (primary N) is 2. The van der Waals surface area contributed by atoms with Crippen LogP contribution in [0.15, 0.2) is 84.9 Å². The topological polar surface area (TPSA) is 52.0 Å². The van der Waals surface area contributed by atoms with Crippen LogP contribution in [0.1, 0.15) is 0 Å². The minimum atomic E-state index is 0.679. The predicted octanol–water partition coefficient (Wildman–Crippen LogP) is 7.16. The SMILES string of the molecule is Nc1ccc(-c2ccc(N)cc2-c2cccc(Cl)c2)c(-c2cccc(Cl)c2)c1. The molecular formula is C24H18Cl2N2. The lowest BCUT2D eigenvalue weighted by Gasteiger charge is -2.16. The van der Waals surface area contributed by atoms with Crippen LogP contribution in [0.3, 0.4) is 0 Å². The van der Waals surface area contributed by atoms with Gasteiger partial charge in [0.25, 0.3) is 0 Å². The molecule has 0 saturated carbocycles. The van der Waals surface area contributed by atoms with Crippen LogP contribution in [0.2, 0.25) is 10.0 Å². The smallest absolute Gasteiger partial charge is 0.0412 e. The van der Waals surface area contributed by atoms with Gasteiger partial charge in [0.15, 0.2) is 0 Å². The van der Waals surface area contributed by atoms with Crippen LogP contribution >= 0.6 is 23.2 Å². The Labute approximate surface area is 174 Å². The van der Waals surface area contributed by atoms with E-state index in [1.807, 2.05) is 84.9 Å². The van der Waals surface area contributed by atoms with Gasteiger partial charge in [-0.05, 0) is 81.9 Å². The van der Waals surface area contributed by atoms with E-state index in [1.54, 1.807) is 0 Å². The number of halogens is 2. The van der Waals surface area contributed by atoms with Crippen molar-refractivity contribution in [3.8, 4) is 33.4 Å². The van der Waals surface area contributed by atoms with Gasteiger partial charge in [-0.1, -0.05) is 59.6 Å². The highest BCUT2D eigenvalue weighted by Crippen LogP contribution is 2.40. The summed E-state index contributed by atoms with van der Waals surface area (Å²) in [6.07, 6.45) is 0. The van der Waals surface area contributed by atoms with Gasteiger partial charge in [0.05, 0.1) is 0 Å². The highest BCUT2D eigenvalue weighted by Gasteiger charge is 2.14. The highest BCUT2D eigenvalue weighted by atomic mass is 35.5. The second kappa shape index (κ2) is 7.59. The molecule has 0 saturated heterocycles. The summed E-state index contributed by atoms with van der Waals surface area (Å²) in [7, 11) is 0. The zero-order valence-electron chi connectivity index (χ0n) is 15.0. The van der Waals surface area contributed by atoms with Gasteiger partial charge in [-0.15, -0.1) is 0 Å². The number of benzene rings is 4. The Morgan fingerprint density at radius 3 is 1.29 bits per heavy atom. The van der Waals surface area contributed by atoms with Crippen LogP contribution in [0.4, 0.5) is 11.4 Å². The molecule has 4 N–H and O–H groups in total. The van der Waals surface area contributed by atoms with Gasteiger partial charge in [0.2, 0.25) is 0 Å². The molecule has 0 aliphatic rings. The van der Waals surface area contributed by atoms with Gasteiger partial charge in [0.1, 0.15) is 0 Å². The van der Waals surface area contributed by atoms with E-state index in [1.165, 1.54) is 0 Å². The standard InChI is InChI=1S/C24H18Cl2N2/c25-17-5-1-3-15(11-17)23-13-19(27)7-9-21(23)22-10-8-20(28)14-24(22)16-4-2-6-18(26)12-16/h1-14H,27-28H2. The summed E-state index contributed by atoms with van der Waals surface area (Å²) in [5.41, 5.74) is 19.7. The minimum absolute atomic E-state index is 0.679. The molecule has 0 fully saturated rings. The van der Waals surface area contributed by atoms with Gasteiger partial charge >= 0.3 is 0 Å². The summed E-state index contributed by atoms with van der Waals surface area (Å²) < 4.78 is 0. The van der Waals surface area contributed by atoms with E-state index in [0.29, 0.717) is 21.4 Å². The summed E-state index contributed by atoms with van der Waals surface area (Å²) >= 11 is 12.5. The third-order valence-corrected chi connectivity index (χ3v) is 5.12. The average Bonchev–Trinajstić information content (AvgIpc) is 2.68. The molecule has 0 unspecified atom stereocenters. The summed E-state index contributed by atoms with van der Waals surface area (Å²) in [6, 6.07) is 27.3. The fourth-order valence-corrected chi connectivity index (χ4v) is 3.76. The summed E-state index contributed by atoms with van der Waals surface area (Å²) in [6.45, 7) is 0. The van der Waals surface area contributed by atoms with Crippen LogP contribution in [-0.2, 0) is 0 Å². The fraction of sp³-hybridized carbons (Fsp3) is 0. The van der Waals surface area contributed by atoms with Crippen LogP contribution in [-0.4, -0.2) is 0 Å². The number of rotatable bonds is 3. The van der Waals surface area contributed by atoms with E-state index < -0.39 is 0 Å². The molecule has 0 aromatic heterocycles. The third-order valence-electron chi connectivity index (χ3n) is 4.65. The average molecular weight is 405 g/mol. The summed E-state index contributed by atoms with van der Waals surface area (Å²) in [4.78, 5) is 0. The molecule has 28 heavy (non-hydrogen) atoms. The van der Waals surface area contributed by atoms with Gasteiger partial charge in [0, 0.05) is 21.4 Å². The first-order chi connectivity index (χ1) is 13.5. The molecule has 4 rings (SSSR count). The summed E-state index contributed by atoms with van der Waals surface area (Å²) in [5.74, 6) is 0. The molecule has 0 radical (unpaired) electrons. The van der Waals surface area contributed by atoms with Gasteiger partial charge in [-0.3, -0.25) is 0 Å².